The Morgan fingerprint density at radius 3 is 2.82 bits per heavy atom. The highest BCUT2D eigenvalue weighted by atomic mass is 16.5. The second-order valence-corrected chi connectivity index (χ2v) is 6.01. The zero-order valence-corrected chi connectivity index (χ0v) is 10.6. The van der Waals surface area contributed by atoms with Crippen molar-refractivity contribution in [3.8, 4) is 0 Å². The van der Waals surface area contributed by atoms with E-state index < -0.39 is 5.54 Å². The first-order valence-corrected chi connectivity index (χ1v) is 6.73. The Balaban J connectivity index is 1.81. The molecule has 2 aliphatic carbocycles. The number of aromatic nitrogens is 2. The largest absolute Gasteiger partial charge is 0.337 e. The summed E-state index contributed by atoms with van der Waals surface area (Å²) in [4.78, 5) is 4.55. The monoisotopic (exact) mass is 235 g/mol. The Bertz CT molecular complexity index is 413. The fraction of sp³-hybridized carbons (Fsp3) is 0.846. The first-order valence-electron chi connectivity index (χ1n) is 6.73. The number of hydrogen-bond acceptors (Lipinski definition) is 4. The molecule has 4 unspecified atom stereocenters. The van der Waals surface area contributed by atoms with Gasteiger partial charge in [-0.2, -0.15) is 4.98 Å². The Hall–Kier alpha value is -0.900. The van der Waals surface area contributed by atoms with Gasteiger partial charge in [0.1, 0.15) is 0 Å². The summed E-state index contributed by atoms with van der Waals surface area (Å²) in [5.74, 6) is 3.72. The Labute approximate surface area is 102 Å². The molecule has 0 spiro atoms. The normalized spacial score (nSPS) is 35.1. The van der Waals surface area contributed by atoms with E-state index in [0.29, 0.717) is 11.8 Å². The van der Waals surface area contributed by atoms with Gasteiger partial charge < -0.3 is 10.3 Å². The minimum absolute atomic E-state index is 0.483. The summed E-state index contributed by atoms with van der Waals surface area (Å²) in [6.45, 7) is 3.99. The molecule has 3 rings (SSSR count). The molecule has 1 aromatic heterocycles. The number of hydrogen-bond donors (Lipinski definition) is 1. The van der Waals surface area contributed by atoms with E-state index in [0.717, 1.165) is 24.1 Å². The van der Waals surface area contributed by atoms with Crippen molar-refractivity contribution in [3.63, 3.8) is 0 Å². The fourth-order valence-electron chi connectivity index (χ4n) is 3.33. The van der Waals surface area contributed by atoms with Gasteiger partial charge in [-0.1, -0.05) is 18.5 Å². The van der Waals surface area contributed by atoms with Gasteiger partial charge in [0, 0.05) is 5.92 Å². The second-order valence-electron chi connectivity index (χ2n) is 6.01. The summed E-state index contributed by atoms with van der Waals surface area (Å²) >= 11 is 0. The zero-order valence-electron chi connectivity index (χ0n) is 10.6. The molecule has 94 valence electrons. The highest BCUT2D eigenvalue weighted by Crippen LogP contribution is 2.52. The standard InChI is InChI=1S/C13H21N3O/c1-3-13(2,14)12-15-11(16-17-12)10-7-8-4-5-9(10)6-8/h8-10H,3-7,14H2,1-2H3. The lowest BCUT2D eigenvalue weighted by Crippen LogP contribution is -2.32. The minimum Gasteiger partial charge on any atom is -0.337 e. The lowest BCUT2D eigenvalue weighted by atomic mass is 9.88. The Kier molecular flexibility index (Phi) is 2.51. The van der Waals surface area contributed by atoms with Crippen molar-refractivity contribution in [1.29, 1.82) is 0 Å². The molecule has 1 aromatic rings. The van der Waals surface area contributed by atoms with Gasteiger partial charge in [0.25, 0.3) is 0 Å². The van der Waals surface area contributed by atoms with Crippen LogP contribution < -0.4 is 5.73 Å². The second kappa shape index (κ2) is 3.80. The third kappa shape index (κ3) is 1.79. The van der Waals surface area contributed by atoms with Gasteiger partial charge in [0.2, 0.25) is 5.89 Å². The molecule has 0 amide bonds. The maximum Gasteiger partial charge on any atom is 0.246 e. The van der Waals surface area contributed by atoms with E-state index in [1.807, 2.05) is 13.8 Å². The maximum absolute atomic E-state index is 6.13. The van der Waals surface area contributed by atoms with Gasteiger partial charge in [0.15, 0.2) is 5.82 Å². The number of rotatable bonds is 3. The third-order valence-corrected chi connectivity index (χ3v) is 4.73. The van der Waals surface area contributed by atoms with E-state index in [9.17, 15) is 0 Å². The molecule has 4 heteroatoms. The lowest BCUT2D eigenvalue weighted by Gasteiger charge is -2.18. The smallest absolute Gasteiger partial charge is 0.246 e. The third-order valence-electron chi connectivity index (χ3n) is 4.73. The van der Waals surface area contributed by atoms with Crippen molar-refractivity contribution in [2.75, 3.05) is 0 Å². The van der Waals surface area contributed by atoms with Crippen molar-refractivity contribution in [3.05, 3.63) is 11.7 Å². The molecular weight excluding hydrogens is 214 g/mol. The van der Waals surface area contributed by atoms with E-state index in [2.05, 4.69) is 10.1 Å². The van der Waals surface area contributed by atoms with Crippen LogP contribution in [0.1, 0.15) is 63.6 Å². The molecule has 0 aliphatic heterocycles. The van der Waals surface area contributed by atoms with Gasteiger partial charge >= 0.3 is 0 Å². The molecule has 2 bridgehead atoms. The Morgan fingerprint density at radius 1 is 1.41 bits per heavy atom. The summed E-state index contributed by atoms with van der Waals surface area (Å²) in [7, 11) is 0. The molecule has 2 fully saturated rings. The molecular formula is C13H21N3O. The first-order chi connectivity index (χ1) is 8.10. The van der Waals surface area contributed by atoms with Gasteiger partial charge in [-0.05, 0) is 44.4 Å². The summed E-state index contributed by atoms with van der Waals surface area (Å²) in [5.41, 5.74) is 5.65. The summed E-state index contributed by atoms with van der Waals surface area (Å²) in [6, 6.07) is 0. The molecule has 4 nitrogen and oxygen atoms in total. The van der Waals surface area contributed by atoms with Gasteiger partial charge in [0.05, 0.1) is 5.54 Å². The van der Waals surface area contributed by atoms with Crippen LogP contribution in [0.25, 0.3) is 0 Å². The van der Waals surface area contributed by atoms with E-state index >= 15 is 0 Å². The van der Waals surface area contributed by atoms with Crippen molar-refractivity contribution in [1.82, 2.24) is 10.1 Å². The average Bonchev–Trinajstić information content (AvgIpc) is 3.03. The van der Waals surface area contributed by atoms with Crippen LogP contribution in [-0.2, 0) is 5.54 Å². The Morgan fingerprint density at radius 2 is 2.24 bits per heavy atom. The van der Waals surface area contributed by atoms with E-state index in [-0.39, 0.29) is 0 Å². The average molecular weight is 235 g/mol. The molecule has 17 heavy (non-hydrogen) atoms. The lowest BCUT2D eigenvalue weighted by molar-refractivity contribution is 0.287. The molecule has 0 aromatic carbocycles. The van der Waals surface area contributed by atoms with Crippen molar-refractivity contribution in [2.45, 2.75) is 57.4 Å². The predicted molar refractivity (Wildman–Crippen MR) is 64.3 cm³/mol. The van der Waals surface area contributed by atoms with E-state index in [1.54, 1.807) is 0 Å². The summed E-state index contributed by atoms with van der Waals surface area (Å²) in [6.07, 6.45) is 6.16. The number of nitrogens with zero attached hydrogens (tertiary/aromatic N) is 2. The number of fused-ring (bicyclic) bond motifs is 2. The first kappa shape index (κ1) is 11.2. The molecule has 1 heterocycles. The van der Waals surface area contributed by atoms with E-state index in [1.165, 1.54) is 25.7 Å². The van der Waals surface area contributed by atoms with Crippen molar-refractivity contribution in [2.24, 2.45) is 17.6 Å². The quantitative estimate of drug-likeness (QED) is 0.874. The predicted octanol–water partition coefficient (Wildman–Crippen LogP) is 2.56. The van der Waals surface area contributed by atoms with Crippen LogP contribution in [0.5, 0.6) is 0 Å². The summed E-state index contributed by atoms with van der Waals surface area (Å²) < 4.78 is 5.35. The maximum atomic E-state index is 6.13. The molecule has 2 saturated carbocycles. The van der Waals surface area contributed by atoms with Gasteiger partial charge in [-0.25, -0.2) is 0 Å². The SMILES string of the molecule is CCC(C)(N)c1nc(C2CC3CCC2C3)no1. The van der Waals surface area contributed by atoms with E-state index in [4.69, 9.17) is 10.3 Å². The molecule has 2 N–H and O–H groups in total. The van der Waals surface area contributed by atoms with Gasteiger partial charge in [-0.3, -0.25) is 0 Å². The minimum atomic E-state index is -0.483. The van der Waals surface area contributed by atoms with Crippen LogP contribution in [0.2, 0.25) is 0 Å². The topological polar surface area (TPSA) is 64.9 Å². The van der Waals surface area contributed by atoms with Crippen LogP contribution in [0.3, 0.4) is 0 Å². The molecule has 2 aliphatic rings. The van der Waals surface area contributed by atoms with Crippen LogP contribution in [0.15, 0.2) is 4.52 Å². The van der Waals surface area contributed by atoms with Crippen LogP contribution >= 0.6 is 0 Å². The number of nitrogens with two attached hydrogens (primary N) is 1. The molecule has 4 atom stereocenters. The summed E-state index contributed by atoms with van der Waals surface area (Å²) in [5, 5.41) is 4.17. The highest BCUT2D eigenvalue weighted by molar-refractivity contribution is 5.08. The molecule has 0 radical (unpaired) electrons. The fourth-order valence-corrected chi connectivity index (χ4v) is 3.33. The van der Waals surface area contributed by atoms with Gasteiger partial charge in [-0.15, -0.1) is 0 Å². The van der Waals surface area contributed by atoms with Crippen molar-refractivity contribution < 1.29 is 4.52 Å². The molecule has 0 saturated heterocycles. The zero-order chi connectivity index (χ0) is 12.0. The van der Waals surface area contributed by atoms with Crippen molar-refractivity contribution >= 4 is 0 Å². The van der Waals surface area contributed by atoms with Crippen LogP contribution in [0.4, 0.5) is 0 Å². The highest BCUT2D eigenvalue weighted by Gasteiger charge is 2.42. The van der Waals surface area contributed by atoms with Crippen LogP contribution in [-0.4, -0.2) is 10.1 Å². The van der Waals surface area contributed by atoms with Crippen LogP contribution in [0, 0.1) is 11.8 Å².